The summed E-state index contributed by atoms with van der Waals surface area (Å²) in [5.41, 5.74) is 6.23. The molecular formula is C12H15N3O2. The molecule has 2 aromatic rings. The number of nitrogens with two attached hydrogens (primary N) is 1. The maximum atomic E-state index is 12.2. The zero-order chi connectivity index (χ0) is 12.4. The van der Waals surface area contributed by atoms with Gasteiger partial charge >= 0.3 is 5.69 Å². The predicted molar refractivity (Wildman–Crippen MR) is 67.2 cm³/mol. The summed E-state index contributed by atoms with van der Waals surface area (Å²) >= 11 is 0. The maximum absolute atomic E-state index is 12.2. The minimum Gasteiger partial charge on any atom is -0.330 e. The molecule has 1 aromatic carbocycles. The fourth-order valence-electron chi connectivity index (χ4n) is 1.92. The van der Waals surface area contributed by atoms with Crippen LogP contribution in [0.15, 0.2) is 27.8 Å². The summed E-state index contributed by atoms with van der Waals surface area (Å²) in [6.07, 6.45) is 0.611. The number of nitrogens with zero attached hydrogens (tertiary/aromatic N) is 1. The summed E-state index contributed by atoms with van der Waals surface area (Å²) in [5, 5.41) is 0.573. The zero-order valence-corrected chi connectivity index (χ0v) is 9.69. The van der Waals surface area contributed by atoms with Gasteiger partial charge in [0.1, 0.15) is 0 Å². The van der Waals surface area contributed by atoms with Crippen LogP contribution in [-0.2, 0) is 6.54 Å². The minimum absolute atomic E-state index is 0.240. The highest BCUT2D eigenvalue weighted by molar-refractivity contribution is 5.80. The average molecular weight is 233 g/mol. The lowest BCUT2D eigenvalue weighted by molar-refractivity contribution is 0.603. The first-order valence-electron chi connectivity index (χ1n) is 5.57. The molecule has 0 saturated heterocycles. The van der Waals surface area contributed by atoms with Crippen LogP contribution in [0, 0.1) is 6.92 Å². The van der Waals surface area contributed by atoms with Gasteiger partial charge in [0.2, 0.25) is 0 Å². The highest BCUT2D eigenvalue weighted by Crippen LogP contribution is 2.09. The van der Waals surface area contributed by atoms with Gasteiger partial charge in [0.15, 0.2) is 0 Å². The third-order valence-electron chi connectivity index (χ3n) is 2.80. The van der Waals surface area contributed by atoms with Gasteiger partial charge in [0.05, 0.1) is 10.9 Å². The lowest BCUT2D eigenvalue weighted by Gasteiger charge is -2.06. The van der Waals surface area contributed by atoms with E-state index in [9.17, 15) is 9.59 Å². The van der Waals surface area contributed by atoms with Crippen LogP contribution in [0.3, 0.4) is 0 Å². The Morgan fingerprint density at radius 2 is 2.12 bits per heavy atom. The van der Waals surface area contributed by atoms with E-state index in [4.69, 9.17) is 5.73 Å². The van der Waals surface area contributed by atoms with Crippen molar-refractivity contribution in [3.8, 4) is 0 Å². The summed E-state index contributed by atoms with van der Waals surface area (Å²) in [6, 6.07) is 5.41. The minimum atomic E-state index is -0.374. The van der Waals surface area contributed by atoms with E-state index in [0.29, 0.717) is 30.4 Å². The van der Waals surface area contributed by atoms with Gasteiger partial charge in [-0.3, -0.25) is 9.36 Å². The number of fused-ring (bicyclic) bond motifs is 1. The number of benzene rings is 1. The molecule has 2 rings (SSSR count). The second kappa shape index (κ2) is 4.55. The summed E-state index contributed by atoms with van der Waals surface area (Å²) in [7, 11) is 0. The molecule has 1 heterocycles. The molecule has 17 heavy (non-hydrogen) atoms. The van der Waals surface area contributed by atoms with Gasteiger partial charge in [-0.2, -0.15) is 0 Å². The van der Waals surface area contributed by atoms with Crippen molar-refractivity contribution >= 4 is 10.9 Å². The predicted octanol–water partition coefficient (Wildman–Crippen LogP) is 0.347. The molecule has 1 aromatic heterocycles. The molecule has 0 fully saturated rings. The molecule has 0 atom stereocenters. The molecule has 5 nitrogen and oxygen atoms in total. The van der Waals surface area contributed by atoms with Crippen LogP contribution in [-0.4, -0.2) is 16.1 Å². The van der Waals surface area contributed by atoms with E-state index in [1.165, 1.54) is 4.57 Å². The molecule has 5 heteroatoms. The Balaban J connectivity index is 2.74. The number of aryl methyl sites for hydroxylation is 1. The lowest BCUT2D eigenvalue weighted by atomic mass is 10.1. The molecule has 0 spiro atoms. The van der Waals surface area contributed by atoms with Crippen molar-refractivity contribution < 1.29 is 0 Å². The van der Waals surface area contributed by atoms with Crippen molar-refractivity contribution in [1.29, 1.82) is 0 Å². The Labute approximate surface area is 97.9 Å². The first kappa shape index (κ1) is 11.6. The largest absolute Gasteiger partial charge is 0.330 e. The van der Waals surface area contributed by atoms with Gasteiger partial charge in [-0.05, 0) is 31.5 Å². The maximum Gasteiger partial charge on any atom is 0.328 e. The highest BCUT2D eigenvalue weighted by Gasteiger charge is 2.08. The van der Waals surface area contributed by atoms with Gasteiger partial charge in [-0.15, -0.1) is 0 Å². The van der Waals surface area contributed by atoms with Gasteiger partial charge < -0.3 is 10.7 Å². The van der Waals surface area contributed by atoms with Gasteiger partial charge in [0, 0.05) is 6.54 Å². The topological polar surface area (TPSA) is 80.9 Å². The number of aromatic nitrogens is 2. The fraction of sp³-hybridized carbons (Fsp3) is 0.333. The number of hydrogen-bond acceptors (Lipinski definition) is 3. The second-order valence-electron chi connectivity index (χ2n) is 4.03. The number of hydrogen-bond donors (Lipinski definition) is 2. The molecular weight excluding hydrogens is 218 g/mol. The summed E-state index contributed by atoms with van der Waals surface area (Å²) in [5.74, 6) is 0. The number of rotatable bonds is 3. The first-order valence-corrected chi connectivity index (χ1v) is 5.57. The Morgan fingerprint density at radius 3 is 2.82 bits per heavy atom. The van der Waals surface area contributed by atoms with Crippen molar-refractivity contribution in [2.75, 3.05) is 6.54 Å². The monoisotopic (exact) mass is 233 g/mol. The quantitative estimate of drug-likeness (QED) is 0.802. The molecule has 0 unspecified atom stereocenters. The van der Waals surface area contributed by atoms with Gasteiger partial charge in [-0.25, -0.2) is 4.79 Å². The van der Waals surface area contributed by atoms with E-state index in [-0.39, 0.29) is 11.2 Å². The zero-order valence-electron chi connectivity index (χ0n) is 9.69. The number of H-pyrrole nitrogens is 1. The van der Waals surface area contributed by atoms with E-state index >= 15 is 0 Å². The molecule has 0 aliphatic heterocycles. The van der Waals surface area contributed by atoms with Crippen molar-refractivity contribution in [1.82, 2.24) is 9.55 Å². The van der Waals surface area contributed by atoms with Crippen LogP contribution < -0.4 is 17.0 Å². The summed E-state index contributed by atoms with van der Waals surface area (Å²) in [4.78, 5) is 26.6. The standard InChI is InChI=1S/C12H15N3O2/c1-8-4-2-5-9-10(8)11(16)15(7-3-6-13)12(17)14-9/h2,4-5H,3,6-7,13H2,1H3,(H,14,17). The first-order chi connectivity index (χ1) is 8.15. The Kier molecular flexibility index (Phi) is 3.10. The summed E-state index contributed by atoms with van der Waals surface area (Å²) in [6.45, 7) is 2.67. The number of aromatic amines is 1. The second-order valence-corrected chi connectivity index (χ2v) is 4.03. The molecule has 0 radical (unpaired) electrons. The van der Waals surface area contributed by atoms with Crippen molar-refractivity contribution in [2.24, 2.45) is 5.73 Å². The van der Waals surface area contributed by atoms with Gasteiger partial charge in [-0.1, -0.05) is 12.1 Å². The van der Waals surface area contributed by atoms with E-state index < -0.39 is 0 Å². The number of nitrogens with one attached hydrogen (secondary N) is 1. The van der Waals surface area contributed by atoms with Crippen LogP contribution in [0.25, 0.3) is 10.9 Å². The Morgan fingerprint density at radius 1 is 1.35 bits per heavy atom. The van der Waals surface area contributed by atoms with Crippen molar-refractivity contribution in [3.05, 3.63) is 44.6 Å². The van der Waals surface area contributed by atoms with E-state index in [1.54, 1.807) is 6.07 Å². The average Bonchev–Trinajstić information content (AvgIpc) is 2.28. The molecule has 0 aliphatic carbocycles. The van der Waals surface area contributed by atoms with E-state index in [0.717, 1.165) is 5.56 Å². The SMILES string of the molecule is Cc1cccc2[nH]c(=O)n(CCCN)c(=O)c12. The van der Waals surface area contributed by atoms with Gasteiger partial charge in [0.25, 0.3) is 5.56 Å². The molecule has 0 saturated carbocycles. The molecule has 90 valence electrons. The van der Waals surface area contributed by atoms with E-state index in [2.05, 4.69) is 4.98 Å². The normalized spacial score (nSPS) is 10.9. The molecule has 0 aliphatic rings. The lowest BCUT2D eigenvalue weighted by Crippen LogP contribution is -2.35. The molecule has 0 amide bonds. The van der Waals surface area contributed by atoms with Crippen molar-refractivity contribution in [3.63, 3.8) is 0 Å². The summed E-state index contributed by atoms with van der Waals surface area (Å²) < 4.78 is 1.21. The van der Waals surface area contributed by atoms with E-state index in [1.807, 2.05) is 19.1 Å². The Hall–Kier alpha value is -1.88. The van der Waals surface area contributed by atoms with Crippen molar-refractivity contribution in [2.45, 2.75) is 19.9 Å². The fourth-order valence-corrected chi connectivity index (χ4v) is 1.92. The van der Waals surface area contributed by atoms with Crippen LogP contribution in [0.2, 0.25) is 0 Å². The third kappa shape index (κ3) is 2.01. The smallest absolute Gasteiger partial charge is 0.328 e. The Bertz CT molecular complexity index is 655. The molecule has 0 bridgehead atoms. The highest BCUT2D eigenvalue weighted by atomic mass is 16.2. The van der Waals surface area contributed by atoms with Crippen LogP contribution in [0.5, 0.6) is 0 Å². The molecule has 3 N–H and O–H groups in total. The van der Waals surface area contributed by atoms with Crippen LogP contribution >= 0.6 is 0 Å². The van der Waals surface area contributed by atoms with Crippen LogP contribution in [0.1, 0.15) is 12.0 Å². The third-order valence-corrected chi connectivity index (χ3v) is 2.80. The van der Waals surface area contributed by atoms with Crippen LogP contribution in [0.4, 0.5) is 0 Å².